The topological polar surface area (TPSA) is 33.6 Å². The monoisotopic (exact) mass is 413 g/mol. The lowest BCUT2D eigenvalue weighted by Crippen LogP contribution is -2.09. The van der Waals surface area contributed by atoms with E-state index in [1.54, 1.807) is 6.08 Å². The third-order valence-corrected chi connectivity index (χ3v) is 5.12. The molecule has 5 rings (SSSR count). The van der Waals surface area contributed by atoms with Gasteiger partial charge in [-0.2, -0.15) is 0 Å². The Labute approximate surface area is 186 Å². The van der Waals surface area contributed by atoms with Crippen LogP contribution >= 0.6 is 0 Å². The Kier molecular flexibility index (Phi) is 5.22. The van der Waals surface area contributed by atoms with E-state index in [4.69, 9.17) is 11.0 Å². The van der Waals surface area contributed by atoms with Crippen LogP contribution in [0.1, 0.15) is 11.5 Å². The van der Waals surface area contributed by atoms with Gasteiger partial charge in [0.15, 0.2) is 5.58 Å². The van der Waals surface area contributed by atoms with Crippen molar-refractivity contribution in [3.63, 3.8) is 0 Å². The first-order valence-electron chi connectivity index (χ1n) is 10.3. The molecule has 0 aliphatic heterocycles. The molecule has 0 fully saturated rings. The fourth-order valence-electron chi connectivity index (χ4n) is 3.60. The van der Waals surface area contributed by atoms with E-state index in [1.807, 2.05) is 72.8 Å². The second-order valence-corrected chi connectivity index (χ2v) is 7.23. The summed E-state index contributed by atoms with van der Waals surface area (Å²) in [6.45, 7) is 7.60. The minimum atomic E-state index is 0.334. The minimum absolute atomic E-state index is 0.334. The van der Waals surface area contributed by atoms with E-state index in [0.29, 0.717) is 17.2 Å². The van der Waals surface area contributed by atoms with E-state index in [0.717, 1.165) is 28.1 Å². The van der Waals surface area contributed by atoms with Crippen LogP contribution in [0.2, 0.25) is 0 Å². The molecular weight excluding hydrogens is 394 g/mol. The summed E-state index contributed by atoms with van der Waals surface area (Å²) < 4.78 is 5.77. The molecular formula is C28H19N3O. The Balaban J connectivity index is 1.50. The summed E-state index contributed by atoms with van der Waals surface area (Å²) in [6, 6.07) is 36.1. The lowest BCUT2D eigenvalue weighted by molar-refractivity contribution is 0.586. The van der Waals surface area contributed by atoms with Crippen molar-refractivity contribution in [3.05, 3.63) is 132 Å². The van der Waals surface area contributed by atoms with E-state index in [1.165, 1.54) is 0 Å². The van der Waals surface area contributed by atoms with E-state index < -0.39 is 0 Å². The summed E-state index contributed by atoms with van der Waals surface area (Å²) in [4.78, 5) is 10.3. The second-order valence-electron chi connectivity index (χ2n) is 7.23. The molecule has 4 aromatic carbocycles. The molecule has 0 saturated heterocycles. The van der Waals surface area contributed by atoms with Gasteiger partial charge in [0.1, 0.15) is 5.52 Å². The average Bonchev–Trinajstić information content (AvgIpc) is 3.29. The van der Waals surface area contributed by atoms with Crippen LogP contribution in [-0.4, -0.2) is 4.98 Å². The number of para-hydroxylation sites is 4. The van der Waals surface area contributed by atoms with E-state index in [9.17, 15) is 0 Å². The van der Waals surface area contributed by atoms with Crippen LogP contribution < -0.4 is 4.90 Å². The quantitative estimate of drug-likeness (QED) is 0.277. The number of aromatic nitrogens is 1. The predicted octanol–water partition coefficient (Wildman–Crippen LogP) is 7.71. The number of anilines is 3. The van der Waals surface area contributed by atoms with Crippen molar-refractivity contribution in [2.75, 3.05) is 4.90 Å². The predicted molar refractivity (Wildman–Crippen MR) is 130 cm³/mol. The number of hydrogen-bond acceptors (Lipinski definition) is 3. The smallest absolute Gasteiger partial charge is 0.248 e. The zero-order valence-corrected chi connectivity index (χ0v) is 17.2. The first kappa shape index (κ1) is 19.3. The first-order chi connectivity index (χ1) is 15.8. The summed E-state index contributed by atoms with van der Waals surface area (Å²) in [5, 5.41) is 0. The molecule has 0 saturated carbocycles. The van der Waals surface area contributed by atoms with Crippen LogP contribution in [-0.2, 0) is 0 Å². The van der Waals surface area contributed by atoms with Gasteiger partial charge in [0.2, 0.25) is 11.6 Å². The van der Waals surface area contributed by atoms with Crippen LogP contribution in [0.4, 0.5) is 17.1 Å². The van der Waals surface area contributed by atoms with Gasteiger partial charge in [-0.25, -0.2) is 9.83 Å². The number of benzene rings is 4. The highest BCUT2D eigenvalue weighted by Gasteiger charge is 2.13. The first-order valence-corrected chi connectivity index (χ1v) is 10.3. The molecule has 152 valence electrons. The van der Waals surface area contributed by atoms with Crippen LogP contribution in [0.25, 0.3) is 27.7 Å². The summed E-state index contributed by atoms with van der Waals surface area (Å²) in [7, 11) is 0. The molecule has 1 heterocycles. The van der Waals surface area contributed by atoms with Gasteiger partial charge in [-0.3, -0.25) is 0 Å². The fraction of sp³-hybridized carbons (Fsp3) is 0. The van der Waals surface area contributed by atoms with Crippen molar-refractivity contribution in [3.8, 4) is 0 Å². The third kappa shape index (κ3) is 3.88. The summed E-state index contributed by atoms with van der Waals surface area (Å²) >= 11 is 0. The molecule has 5 aromatic rings. The van der Waals surface area contributed by atoms with Crippen molar-refractivity contribution in [1.82, 2.24) is 4.98 Å². The maximum Gasteiger partial charge on any atom is 0.248 e. The van der Waals surface area contributed by atoms with Crippen LogP contribution in [0.5, 0.6) is 0 Å². The van der Waals surface area contributed by atoms with Gasteiger partial charge in [0.25, 0.3) is 0 Å². The van der Waals surface area contributed by atoms with Gasteiger partial charge in [0, 0.05) is 17.1 Å². The van der Waals surface area contributed by atoms with Crippen LogP contribution in [0.15, 0.2) is 114 Å². The highest BCUT2D eigenvalue weighted by atomic mass is 16.3. The number of rotatable bonds is 5. The highest BCUT2D eigenvalue weighted by molar-refractivity contribution is 5.86. The molecule has 4 heteroatoms. The third-order valence-electron chi connectivity index (χ3n) is 5.12. The Hall–Kier alpha value is -4.62. The van der Waals surface area contributed by atoms with Gasteiger partial charge in [0.05, 0.1) is 6.57 Å². The molecule has 0 bridgehead atoms. The van der Waals surface area contributed by atoms with Gasteiger partial charge in [-0.1, -0.05) is 60.7 Å². The average molecular weight is 413 g/mol. The van der Waals surface area contributed by atoms with Crippen molar-refractivity contribution < 1.29 is 4.42 Å². The van der Waals surface area contributed by atoms with E-state index in [2.05, 4.69) is 51.1 Å². The van der Waals surface area contributed by atoms with Crippen LogP contribution in [0.3, 0.4) is 0 Å². The molecule has 0 atom stereocenters. The van der Waals surface area contributed by atoms with Crippen molar-refractivity contribution in [2.45, 2.75) is 0 Å². The molecule has 32 heavy (non-hydrogen) atoms. The lowest BCUT2D eigenvalue weighted by Gasteiger charge is -2.25. The summed E-state index contributed by atoms with van der Waals surface area (Å²) in [5.74, 6) is 0.334. The number of hydrogen-bond donors (Lipinski definition) is 0. The summed E-state index contributed by atoms with van der Waals surface area (Å²) in [6.07, 6.45) is 1.80. The molecule has 0 aliphatic rings. The molecule has 0 amide bonds. The SMILES string of the molecule is [C-]#[N+]/C(=C\c1ccc(N(c2ccccc2)c2ccccc2)cc1)c1nc2ccccc2o1. The molecule has 0 radical (unpaired) electrons. The fourth-order valence-corrected chi connectivity index (χ4v) is 3.60. The molecule has 0 unspecified atom stereocenters. The minimum Gasteiger partial charge on any atom is -0.447 e. The standard InChI is InChI=1S/C28H19N3O/c1-29-26(28-30-25-14-8-9-15-27(25)32-28)20-21-16-18-24(19-17-21)31(22-10-4-2-5-11-22)23-12-6-3-7-13-23/h2-20H/b26-20-. The molecule has 0 N–H and O–H groups in total. The Bertz CT molecular complexity index is 1340. The van der Waals surface area contributed by atoms with Gasteiger partial charge in [-0.15, -0.1) is 0 Å². The normalized spacial score (nSPS) is 11.3. The lowest BCUT2D eigenvalue weighted by atomic mass is 10.1. The molecule has 1 aromatic heterocycles. The van der Waals surface area contributed by atoms with E-state index >= 15 is 0 Å². The van der Waals surface area contributed by atoms with Crippen LogP contribution in [0, 0.1) is 6.57 Å². The maximum atomic E-state index is 7.60. The Morgan fingerprint density at radius 2 is 1.28 bits per heavy atom. The van der Waals surface area contributed by atoms with Crippen molar-refractivity contribution >= 4 is 39.9 Å². The maximum absolute atomic E-state index is 7.60. The van der Waals surface area contributed by atoms with Crippen molar-refractivity contribution in [1.29, 1.82) is 0 Å². The Morgan fingerprint density at radius 1 is 0.719 bits per heavy atom. The molecule has 0 spiro atoms. The zero-order chi connectivity index (χ0) is 21.8. The molecule has 0 aliphatic carbocycles. The van der Waals surface area contributed by atoms with Gasteiger partial charge >= 0.3 is 0 Å². The number of oxazole rings is 1. The zero-order valence-electron chi connectivity index (χ0n) is 17.2. The molecule has 4 nitrogen and oxygen atoms in total. The largest absolute Gasteiger partial charge is 0.447 e. The highest BCUT2D eigenvalue weighted by Crippen LogP contribution is 2.34. The van der Waals surface area contributed by atoms with Gasteiger partial charge in [-0.05, 0) is 60.2 Å². The van der Waals surface area contributed by atoms with E-state index in [-0.39, 0.29) is 0 Å². The van der Waals surface area contributed by atoms with Crippen molar-refractivity contribution in [2.24, 2.45) is 0 Å². The Morgan fingerprint density at radius 3 is 1.88 bits per heavy atom. The van der Waals surface area contributed by atoms with Gasteiger partial charge < -0.3 is 9.32 Å². The number of nitrogens with zero attached hydrogens (tertiary/aromatic N) is 3. The number of fused-ring (bicyclic) bond motifs is 1. The second kappa shape index (κ2) is 8.63. The summed E-state index contributed by atoms with van der Waals surface area (Å²) in [5.41, 5.74) is 5.89.